The zero-order chi connectivity index (χ0) is 11.6. The van der Waals surface area contributed by atoms with Crippen LogP contribution in [0, 0.1) is 0 Å². The number of rotatable bonds is 7. The fourth-order valence-electron chi connectivity index (χ4n) is 1.67. The number of amides is 1. The highest BCUT2D eigenvalue weighted by atomic mass is 16.5. The van der Waals surface area contributed by atoms with Crippen molar-refractivity contribution < 1.29 is 14.6 Å². The van der Waals surface area contributed by atoms with Crippen molar-refractivity contribution in [2.75, 3.05) is 32.8 Å². The van der Waals surface area contributed by atoms with Crippen molar-refractivity contribution in [2.45, 2.75) is 31.8 Å². The molecule has 0 aromatic carbocycles. The number of nitrogens with one attached hydrogen (secondary N) is 2. The summed E-state index contributed by atoms with van der Waals surface area (Å²) in [5.41, 5.74) is 0. The Balaban J connectivity index is 1.97. The van der Waals surface area contributed by atoms with Crippen molar-refractivity contribution in [3.63, 3.8) is 0 Å². The molecule has 0 aromatic rings. The molecule has 3 N–H and O–H groups in total. The molecular weight excluding hydrogens is 208 g/mol. The second-order valence-electron chi connectivity index (χ2n) is 4.04. The summed E-state index contributed by atoms with van der Waals surface area (Å²) in [6.07, 6.45) is 3.15. The first kappa shape index (κ1) is 13.4. The average molecular weight is 230 g/mol. The molecule has 0 radical (unpaired) electrons. The smallest absolute Gasteiger partial charge is 0.222 e. The van der Waals surface area contributed by atoms with Crippen molar-refractivity contribution >= 4 is 5.91 Å². The van der Waals surface area contributed by atoms with Crippen LogP contribution in [-0.2, 0) is 9.53 Å². The normalized spacial score (nSPS) is 20.7. The number of carbonyl (C=O) groups is 1. The fraction of sp³-hybridized carbons (Fsp3) is 0.909. The number of morpholine rings is 1. The zero-order valence-electron chi connectivity index (χ0n) is 9.71. The molecular formula is C11H22N2O3. The number of hydrogen-bond acceptors (Lipinski definition) is 4. The van der Waals surface area contributed by atoms with Gasteiger partial charge in [0, 0.05) is 26.2 Å². The Bertz CT molecular complexity index is 194. The maximum Gasteiger partial charge on any atom is 0.222 e. The maximum absolute atomic E-state index is 11.5. The van der Waals surface area contributed by atoms with E-state index in [1.165, 1.54) is 0 Å². The number of aliphatic hydroxyl groups excluding tert-OH is 1. The highest BCUT2D eigenvalue weighted by Gasteiger charge is 2.16. The molecule has 1 aliphatic rings. The molecule has 1 aliphatic heterocycles. The maximum atomic E-state index is 11.5. The molecule has 0 bridgehead atoms. The minimum Gasteiger partial charge on any atom is -0.396 e. The van der Waals surface area contributed by atoms with Gasteiger partial charge in [-0.05, 0) is 19.3 Å². The Morgan fingerprint density at radius 1 is 1.44 bits per heavy atom. The Hall–Kier alpha value is -0.650. The third kappa shape index (κ3) is 6.05. The first-order chi connectivity index (χ1) is 7.83. The number of carbonyl (C=O) groups excluding carboxylic acids is 1. The van der Waals surface area contributed by atoms with Crippen LogP contribution in [0.3, 0.4) is 0 Å². The molecule has 0 aromatic heterocycles. The highest BCUT2D eigenvalue weighted by molar-refractivity contribution is 5.76. The van der Waals surface area contributed by atoms with Crippen LogP contribution in [0.5, 0.6) is 0 Å². The van der Waals surface area contributed by atoms with Crippen molar-refractivity contribution in [3.05, 3.63) is 0 Å². The summed E-state index contributed by atoms with van der Waals surface area (Å²) in [6, 6.07) is 0. The third-order valence-corrected chi connectivity index (χ3v) is 2.57. The lowest BCUT2D eigenvalue weighted by atomic mass is 10.2. The molecule has 16 heavy (non-hydrogen) atoms. The van der Waals surface area contributed by atoms with Crippen LogP contribution in [0.25, 0.3) is 0 Å². The van der Waals surface area contributed by atoms with Gasteiger partial charge in [-0.1, -0.05) is 0 Å². The molecule has 0 aliphatic carbocycles. The Kier molecular flexibility index (Phi) is 7.12. The topological polar surface area (TPSA) is 70.6 Å². The van der Waals surface area contributed by atoms with E-state index in [0.29, 0.717) is 19.6 Å². The first-order valence-electron chi connectivity index (χ1n) is 6.03. The number of hydrogen-bond donors (Lipinski definition) is 3. The fourth-order valence-corrected chi connectivity index (χ4v) is 1.67. The van der Waals surface area contributed by atoms with Gasteiger partial charge in [0.2, 0.25) is 5.91 Å². The van der Waals surface area contributed by atoms with Gasteiger partial charge < -0.3 is 20.5 Å². The van der Waals surface area contributed by atoms with Crippen LogP contribution in [0.1, 0.15) is 25.7 Å². The van der Waals surface area contributed by atoms with Gasteiger partial charge in [0.05, 0.1) is 19.1 Å². The minimum absolute atomic E-state index is 0.0196. The van der Waals surface area contributed by atoms with E-state index in [1.807, 2.05) is 0 Å². The van der Waals surface area contributed by atoms with Gasteiger partial charge in [-0.3, -0.25) is 4.79 Å². The summed E-state index contributed by atoms with van der Waals surface area (Å²) in [5.74, 6) is 0.0534. The van der Waals surface area contributed by atoms with E-state index in [4.69, 9.17) is 9.84 Å². The Labute approximate surface area is 96.6 Å². The molecule has 1 amide bonds. The number of ether oxygens (including phenoxy) is 1. The van der Waals surface area contributed by atoms with Crippen LogP contribution < -0.4 is 10.6 Å². The molecule has 0 spiro atoms. The van der Waals surface area contributed by atoms with Gasteiger partial charge in [0.25, 0.3) is 0 Å². The van der Waals surface area contributed by atoms with Gasteiger partial charge in [0.15, 0.2) is 0 Å². The van der Waals surface area contributed by atoms with Gasteiger partial charge >= 0.3 is 0 Å². The molecule has 1 unspecified atom stereocenters. The molecule has 5 heteroatoms. The van der Waals surface area contributed by atoms with Gasteiger partial charge in [-0.15, -0.1) is 0 Å². The lowest BCUT2D eigenvalue weighted by Gasteiger charge is -2.23. The van der Waals surface area contributed by atoms with Crippen molar-refractivity contribution in [3.8, 4) is 0 Å². The Morgan fingerprint density at radius 2 is 2.31 bits per heavy atom. The summed E-state index contributed by atoms with van der Waals surface area (Å²) >= 11 is 0. The molecule has 1 rings (SSSR count). The van der Waals surface area contributed by atoms with E-state index in [9.17, 15) is 4.79 Å². The predicted octanol–water partition coefficient (Wildman–Crippen LogP) is -0.356. The van der Waals surface area contributed by atoms with E-state index in [1.54, 1.807) is 0 Å². The zero-order valence-corrected chi connectivity index (χ0v) is 9.71. The second-order valence-corrected chi connectivity index (χ2v) is 4.04. The lowest BCUT2D eigenvalue weighted by molar-refractivity contribution is -0.124. The van der Waals surface area contributed by atoms with Crippen molar-refractivity contribution in [1.29, 1.82) is 0 Å². The molecule has 1 fully saturated rings. The van der Waals surface area contributed by atoms with E-state index < -0.39 is 0 Å². The summed E-state index contributed by atoms with van der Waals surface area (Å²) in [6.45, 7) is 3.25. The van der Waals surface area contributed by atoms with Gasteiger partial charge in [0.1, 0.15) is 0 Å². The van der Waals surface area contributed by atoms with E-state index in [-0.39, 0.29) is 18.6 Å². The van der Waals surface area contributed by atoms with Crippen LogP contribution in [0.2, 0.25) is 0 Å². The van der Waals surface area contributed by atoms with Crippen LogP contribution in [0.4, 0.5) is 0 Å². The predicted molar refractivity (Wildman–Crippen MR) is 61.2 cm³/mol. The average Bonchev–Trinajstić information content (AvgIpc) is 2.30. The quantitative estimate of drug-likeness (QED) is 0.523. The van der Waals surface area contributed by atoms with Crippen LogP contribution in [-0.4, -0.2) is 50.0 Å². The molecule has 1 atom stereocenters. The molecule has 94 valence electrons. The summed E-state index contributed by atoms with van der Waals surface area (Å²) in [4.78, 5) is 11.5. The van der Waals surface area contributed by atoms with Gasteiger partial charge in [-0.25, -0.2) is 0 Å². The monoisotopic (exact) mass is 230 g/mol. The second kappa shape index (κ2) is 8.50. The third-order valence-electron chi connectivity index (χ3n) is 2.57. The summed E-state index contributed by atoms with van der Waals surface area (Å²) in [5, 5.41) is 14.6. The molecule has 0 saturated carbocycles. The minimum atomic E-state index is 0.0196. The SMILES string of the molecule is O=C(CC1CNCCO1)NCCCCCO. The van der Waals surface area contributed by atoms with Crippen LogP contribution >= 0.6 is 0 Å². The number of aliphatic hydroxyl groups is 1. The van der Waals surface area contributed by atoms with Crippen molar-refractivity contribution in [2.24, 2.45) is 0 Å². The van der Waals surface area contributed by atoms with E-state index >= 15 is 0 Å². The number of unbranched alkanes of at least 4 members (excludes halogenated alkanes) is 2. The lowest BCUT2D eigenvalue weighted by Crippen LogP contribution is -2.41. The summed E-state index contributed by atoms with van der Waals surface area (Å²) in [7, 11) is 0. The molecule has 1 saturated heterocycles. The highest BCUT2D eigenvalue weighted by Crippen LogP contribution is 2.01. The molecule has 1 heterocycles. The largest absolute Gasteiger partial charge is 0.396 e. The van der Waals surface area contributed by atoms with Crippen molar-refractivity contribution in [1.82, 2.24) is 10.6 Å². The van der Waals surface area contributed by atoms with E-state index in [2.05, 4.69) is 10.6 Å². The Morgan fingerprint density at radius 3 is 3.00 bits per heavy atom. The van der Waals surface area contributed by atoms with Gasteiger partial charge in [-0.2, -0.15) is 0 Å². The van der Waals surface area contributed by atoms with Crippen LogP contribution in [0.15, 0.2) is 0 Å². The standard InChI is InChI=1S/C11H22N2O3/c14-6-3-1-2-4-13-11(15)8-10-9-12-5-7-16-10/h10,12,14H,1-9H2,(H,13,15). The van der Waals surface area contributed by atoms with E-state index in [0.717, 1.165) is 32.4 Å². The molecule has 5 nitrogen and oxygen atoms in total. The first-order valence-corrected chi connectivity index (χ1v) is 6.03. The summed E-state index contributed by atoms with van der Waals surface area (Å²) < 4.78 is 5.44.